The predicted molar refractivity (Wildman–Crippen MR) is 124 cm³/mol. The Kier molecular flexibility index (Phi) is 7.20. The standard InChI is InChI=1S/C26H33N3O3/c1-2-28-25(31)26(17-21-11-6-7-13-23(21)22-12-8-14-27-18-22)19-29(15-16-32-26)24(30)20-9-4-3-5-10-20/h6-8,11-14,18,20H,2-5,9-10,15-17,19H2,1H3,(H,28,31)/t26-/m0/s1. The molecule has 0 spiro atoms. The van der Waals surface area contributed by atoms with E-state index in [0.717, 1.165) is 42.4 Å². The van der Waals surface area contributed by atoms with Crippen molar-refractivity contribution in [3.63, 3.8) is 0 Å². The number of carbonyl (C=O) groups is 2. The predicted octanol–water partition coefficient (Wildman–Crippen LogP) is 3.61. The fourth-order valence-corrected chi connectivity index (χ4v) is 5.01. The van der Waals surface area contributed by atoms with Gasteiger partial charge in [0.25, 0.3) is 5.91 Å². The highest BCUT2D eigenvalue weighted by molar-refractivity contribution is 5.88. The lowest BCUT2D eigenvalue weighted by Crippen LogP contribution is -2.62. The van der Waals surface area contributed by atoms with Gasteiger partial charge in [-0.25, -0.2) is 0 Å². The smallest absolute Gasteiger partial charge is 0.254 e. The molecule has 2 amide bonds. The zero-order valence-electron chi connectivity index (χ0n) is 18.9. The molecule has 0 radical (unpaired) electrons. The van der Waals surface area contributed by atoms with Crippen LogP contribution in [0.5, 0.6) is 0 Å². The molecule has 6 heteroatoms. The highest BCUT2D eigenvalue weighted by atomic mass is 16.5. The van der Waals surface area contributed by atoms with Gasteiger partial charge in [-0.3, -0.25) is 14.6 Å². The van der Waals surface area contributed by atoms with Crippen LogP contribution in [0.2, 0.25) is 0 Å². The summed E-state index contributed by atoms with van der Waals surface area (Å²) in [5, 5.41) is 2.96. The maximum atomic E-state index is 13.3. The molecule has 4 rings (SSSR count). The number of pyridine rings is 1. The van der Waals surface area contributed by atoms with Crippen molar-refractivity contribution in [1.29, 1.82) is 0 Å². The molecule has 2 aliphatic rings. The van der Waals surface area contributed by atoms with Gasteiger partial charge in [-0.1, -0.05) is 49.6 Å². The number of likely N-dealkylation sites (N-methyl/N-ethyl adjacent to an activating group) is 1. The minimum Gasteiger partial charge on any atom is -0.361 e. The van der Waals surface area contributed by atoms with E-state index >= 15 is 0 Å². The van der Waals surface area contributed by atoms with Gasteiger partial charge in [0.1, 0.15) is 0 Å². The molecule has 0 unspecified atom stereocenters. The van der Waals surface area contributed by atoms with E-state index in [-0.39, 0.29) is 24.3 Å². The van der Waals surface area contributed by atoms with Crippen molar-refractivity contribution in [2.24, 2.45) is 5.92 Å². The normalized spacial score (nSPS) is 21.8. The van der Waals surface area contributed by atoms with Gasteiger partial charge >= 0.3 is 0 Å². The highest BCUT2D eigenvalue weighted by Gasteiger charge is 2.46. The second kappa shape index (κ2) is 10.3. The van der Waals surface area contributed by atoms with Crippen molar-refractivity contribution in [3.05, 3.63) is 54.4 Å². The van der Waals surface area contributed by atoms with Crippen molar-refractivity contribution in [2.75, 3.05) is 26.2 Å². The van der Waals surface area contributed by atoms with Gasteiger partial charge in [0, 0.05) is 43.4 Å². The Balaban J connectivity index is 1.63. The van der Waals surface area contributed by atoms with Crippen molar-refractivity contribution < 1.29 is 14.3 Å². The first kappa shape index (κ1) is 22.5. The van der Waals surface area contributed by atoms with Crippen LogP contribution in [0.4, 0.5) is 0 Å². The number of amides is 2. The summed E-state index contributed by atoms with van der Waals surface area (Å²) >= 11 is 0. The number of ether oxygens (including phenoxy) is 1. The number of morpholine rings is 1. The Bertz CT molecular complexity index is 927. The van der Waals surface area contributed by atoms with Crippen LogP contribution in [0.25, 0.3) is 11.1 Å². The molecule has 1 atom stereocenters. The number of rotatable bonds is 6. The van der Waals surface area contributed by atoms with Crippen molar-refractivity contribution >= 4 is 11.8 Å². The summed E-state index contributed by atoms with van der Waals surface area (Å²) in [5.41, 5.74) is 1.94. The van der Waals surface area contributed by atoms with Crippen LogP contribution in [-0.2, 0) is 20.7 Å². The third-order valence-corrected chi connectivity index (χ3v) is 6.67. The summed E-state index contributed by atoms with van der Waals surface area (Å²) in [6, 6.07) is 12.0. The monoisotopic (exact) mass is 435 g/mol. The van der Waals surface area contributed by atoms with E-state index in [0.29, 0.717) is 26.1 Å². The summed E-state index contributed by atoms with van der Waals surface area (Å²) in [5.74, 6) is 0.112. The molecular formula is C26H33N3O3. The number of nitrogens with one attached hydrogen (secondary N) is 1. The Morgan fingerprint density at radius 2 is 1.97 bits per heavy atom. The van der Waals surface area contributed by atoms with Gasteiger partial charge in [0.05, 0.1) is 13.2 Å². The van der Waals surface area contributed by atoms with Crippen molar-refractivity contribution in [2.45, 2.75) is 51.0 Å². The Hall–Kier alpha value is -2.73. The zero-order valence-corrected chi connectivity index (χ0v) is 18.9. The van der Waals surface area contributed by atoms with Gasteiger partial charge in [-0.05, 0) is 37.0 Å². The second-order valence-electron chi connectivity index (χ2n) is 8.87. The first-order valence-corrected chi connectivity index (χ1v) is 11.8. The van der Waals surface area contributed by atoms with Crippen LogP contribution in [0.3, 0.4) is 0 Å². The van der Waals surface area contributed by atoms with Crippen molar-refractivity contribution in [1.82, 2.24) is 15.2 Å². The number of aromatic nitrogens is 1. The van der Waals surface area contributed by atoms with Crippen LogP contribution in [0, 0.1) is 5.92 Å². The largest absolute Gasteiger partial charge is 0.361 e. The number of nitrogens with zero attached hydrogens (tertiary/aromatic N) is 2. The summed E-state index contributed by atoms with van der Waals surface area (Å²) in [4.78, 5) is 32.8. The lowest BCUT2D eigenvalue weighted by Gasteiger charge is -2.43. The number of carbonyl (C=O) groups excluding carboxylic acids is 2. The molecule has 1 aromatic heterocycles. The van der Waals surface area contributed by atoms with E-state index in [1.54, 1.807) is 6.20 Å². The maximum Gasteiger partial charge on any atom is 0.254 e. The van der Waals surface area contributed by atoms with Crippen LogP contribution in [0.15, 0.2) is 48.8 Å². The van der Waals surface area contributed by atoms with E-state index in [4.69, 9.17) is 4.74 Å². The van der Waals surface area contributed by atoms with Gasteiger partial charge in [0.2, 0.25) is 5.91 Å². The first-order valence-electron chi connectivity index (χ1n) is 11.8. The SMILES string of the molecule is CCNC(=O)[C@]1(Cc2ccccc2-c2cccnc2)CN(C(=O)C2CCCCC2)CCO1. The van der Waals surface area contributed by atoms with Gasteiger partial charge < -0.3 is 15.0 Å². The second-order valence-corrected chi connectivity index (χ2v) is 8.87. The highest BCUT2D eigenvalue weighted by Crippen LogP contribution is 2.32. The molecule has 2 heterocycles. The number of benzene rings is 1. The Morgan fingerprint density at radius 3 is 2.72 bits per heavy atom. The molecule has 6 nitrogen and oxygen atoms in total. The molecule has 2 aromatic rings. The Labute approximate surface area is 190 Å². The fraction of sp³-hybridized carbons (Fsp3) is 0.500. The summed E-state index contributed by atoms with van der Waals surface area (Å²) < 4.78 is 6.22. The Morgan fingerprint density at radius 1 is 1.16 bits per heavy atom. The van der Waals surface area contributed by atoms with Crippen LogP contribution in [0.1, 0.15) is 44.6 Å². The minimum absolute atomic E-state index is 0.0801. The molecule has 1 saturated carbocycles. The van der Waals surface area contributed by atoms with E-state index in [9.17, 15) is 9.59 Å². The van der Waals surface area contributed by atoms with Crippen LogP contribution >= 0.6 is 0 Å². The molecule has 1 N–H and O–H groups in total. The van der Waals surface area contributed by atoms with Crippen molar-refractivity contribution in [3.8, 4) is 11.1 Å². The first-order chi connectivity index (χ1) is 15.6. The molecule has 1 aliphatic carbocycles. The third kappa shape index (κ3) is 4.85. The fourth-order valence-electron chi connectivity index (χ4n) is 5.01. The molecule has 170 valence electrons. The lowest BCUT2D eigenvalue weighted by atomic mass is 9.85. The van der Waals surface area contributed by atoms with Gasteiger partial charge in [-0.15, -0.1) is 0 Å². The molecular weight excluding hydrogens is 402 g/mol. The molecule has 1 aromatic carbocycles. The van der Waals surface area contributed by atoms with E-state index in [1.807, 2.05) is 54.4 Å². The lowest BCUT2D eigenvalue weighted by molar-refractivity contribution is -0.168. The average Bonchev–Trinajstić information content (AvgIpc) is 2.85. The zero-order chi connectivity index (χ0) is 22.4. The molecule has 0 bridgehead atoms. The number of hydrogen-bond donors (Lipinski definition) is 1. The van der Waals surface area contributed by atoms with E-state index in [1.165, 1.54) is 6.42 Å². The molecule has 2 fully saturated rings. The van der Waals surface area contributed by atoms with Gasteiger partial charge in [0.15, 0.2) is 5.60 Å². The molecule has 32 heavy (non-hydrogen) atoms. The molecule has 1 saturated heterocycles. The van der Waals surface area contributed by atoms with E-state index < -0.39 is 5.60 Å². The maximum absolute atomic E-state index is 13.3. The molecule has 1 aliphatic heterocycles. The van der Waals surface area contributed by atoms with Crippen LogP contribution in [-0.4, -0.2) is 53.5 Å². The van der Waals surface area contributed by atoms with Crippen LogP contribution < -0.4 is 5.32 Å². The van der Waals surface area contributed by atoms with E-state index in [2.05, 4.69) is 10.3 Å². The summed E-state index contributed by atoms with van der Waals surface area (Å²) in [7, 11) is 0. The summed E-state index contributed by atoms with van der Waals surface area (Å²) in [6.45, 7) is 3.62. The average molecular weight is 436 g/mol. The third-order valence-electron chi connectivity index (χ3n) is 6.67. The summed E-state index contributed by atoms with van der Waals surface area (Å²) in [6.07, 6.45) is 9.32. The number of hydrogen-bond acceptors (Lipinski definition) is 4. The topological polar surface area (TPSA) is 71.5 Å². The minimum atomic E-state index is -1.10. The van der Waals surface area contributed by atoms with Gasteiger partial charge in [-0.2, -0.15) is 0 Å². The quantitative estimate of drug-likeness (QED) is 0.753.